The van der Waals surface area contributed by atoms with Gasteiger partial charge in [0.2, 0.25) is 5.13 Å². The third-order valence-corrected chi connectivity index (χ3v) is 2.81. The van der Waals surface area contributed by atoms with Crippen LogP contribution in [0.25, 0.3) is 0 Å². The zero-order valence-corrected chi connectivity index (χ0v) is 10.1. The highest BCUT2D eigenvalue weighted by Gasteiger charge is 2.28. The van der Waals surface area contributed by atoms with Gasteiger partial charge in [-0.2, -0.15) is 0 Å². The number of anilines is 1. The third-order valence-electron chi connectivity index (χ3n) is 2.14. The molecule has 90 valence electrons. The molecule has 6 nitrogen and oxygen atoms in total. The summed E-state index contributed by atoms with van der Waals surface area (Å²) in [5.74, 6) is 0. The van der Waals surface area contributed by atoms with Crippen LogP contribution in [0.2, 0.25) is 0 Å². The minimum Gasteiger partial charge on any atom is -0.466 e. The van der Waals surface area contributed by atoms with Crippen LogP contribution in [0, 0.1) is 0 Å². The Hall–Kier alpha value is -0.920. The highest BCUT2D eigenvalue weighted by Crippen LogP contribution is 2.21. The predicted octanol–water partition coefficient (Wildman–Crippen LogP) is 0.693. The van der Waals surface area contributed by atoms with Crippen molar-refractivity contribution < 1.29 is 14.2 Å². The van der Waals surface area contributed by atoms with Crippen LogP contribution in [0.3, 0.4) is 0 Å². The summed E-state index contributed by atoms with van der Waals surface area (Å²) in [6.45, 7) is 5.50. The minimum atomic E-state index is -0.205. The van der Waals surface area contributed by atoms with E-state index in [2.05, 4.69) is 10.2 Å². The van der Waals surface area contributed by atoms with Crippen LogP contribution in [0.4, 0.5) is 5.13 Å². The molecule has 1 aliphatic heterocycles. The lowest BCUT2D eigenvalue weighted by molar-refractivity contribution is -0.181. The Balaban J connectivity index is 1.75. The summed E-state index contributed by atoms with van der Waals surface area (Å²) >= 11 is 1.21. The number of hydrogen-bond donors (Lipinski definition) is 1. The molecule has 2 rings (SSSR count). The van der Waals surface area contributed by atoms with Crippen molar-refractivity contribution in [2.45, 2.75) is 25.6 Å². The number of aromatic nitrogens is 2. The monoisotopic (exact) mass is 245 g/mol. The second-order valence-corrected chi connectivity index (χ2v) is 5.19. The summed E-state index contributed by atoms with van der Waals surface area (Å²) in [4.78, 5) is 0. The average molecular weight is 245 g/mol. The SMILES string of the molecule is CC1(C)COC(COc2nnc(N)s2)CO1. The van der Waals surface area contributed by atoms with Crippen LogP contribution in [-0.2, 0) is 9.47 Å². The van der Waals surface area contributed by atoms with Crippen LogP contribution < -0.4 is 10.5 Å². The fourth-order valence-electron chi connectivity index (χ4n) is 1.27. The van der Waals surface area contributed by atoms with E-state index in [1.165, 1.54) is 11.3 Å². The van der Waals surface area contributed by atoms with Crippen molar-refractivity contribution in [1.29, 1.82) is 0 Å². The van der Waals surface area contributed by atoms with Crippen LogP contribution in [0.5, 0.6) is 5.19 Å². The molecule has 1 saturated heterocycles. The zero-order valence-electron chi connectivity index (χ0n) is 9.30. The van der Waals surface area contributed by atoms with E-state index in [1.807, 2.05) is 13.8 Å². The summed E-state index contributed by atoms with van der Waals surface area (Å²) < 4.78 is 16.6. The zero-order chi connectivity index (χ0) is 11.6. The summed E-state index contributed by atoms with van der Waals surface area (Å²) in [6.07, 6.45) is -0.0573. The number of nitrogen functional groups attached to an aromatic ring is 1. The Kier molecular flexibility index (Phi) is 3.27. The van der Waals surface area contributed by atoms with Crippen LogP contribution >= 0.6 is 11.3 Å². The lowest BCUT2D eigenvalue weighted by atomic mass is 10.1. The average Bonchev–Trinajstić information content (AvgIpc) is 2.63. The molecule has 0 aromatic carbocycles. The number of nitrogens with two attached hydrogens (primary N) is 1. The predicted molar refractivity (Wildman–Crippen MR) is 59.6 cm³/mol. The van der Waals surface area contributed by atoms with Crippen LogP contribution in [-0.4, -0.2) is 41.7 Å². The first-order chi connectivity index (χ1) is 7.55. The smallest absolute Gasteiger partial charge is 0.295 e. The largest absolute Gasteiger partial charge is 0.466 e. The fraction of sp³-hybridized carbons (Fsp3) is 0.778. The van der Waals surface area contributed by atoms with Gasteiger partial charge in [-0.15, -0.1) is 5.10 Å². The van der Waals surface area contributed by atoms with Gasteiger partial charge < -0.3 is 19.9 Å². The maximum Gasteiger partial charge on any atom is 0.295 e. The summed E-state index contributed by atoms with van der Waals surface area (Å²) in [6, 6.07) is 0. The van der Waals surface area contributed by atoms with E-state index < -0.39 is 0 Å². The Bertz CT molecular complexity index is 346. The van der Waals surface area contributed by atoms with Crippen molar-refractivity contribution in [1.82, 2.24) is 10.2 Å². The second-order valence-electron chi connectivity index (χ2n) is 4.22. The molecule has 1 aromatic heterocycles. The van der Waals surface area contributed by atoms with Gasteiger partial charge in [-0.05, 0) is 25.2 Å². The Morgan fingerprint density at radius 3 is 2.94 bits per heavy atom. The lowest BCUT2D eigenvalue weighted by Crippen LogP contribution is -2.44. The van der Waals surface area contributed by atoms with E-state index >= 15 is 0 Å². The molecule has 0 spiro atoms. The van der Waals surface area contributed by atoms with Crippen molar-refractivity contribution in [3.8, 4) is 5.19 Å². The molecule has 16 heavy (non-hydrogen) atoms. The highest BCUT2D eigenvalue weighted by molar-refractivity contribution is 7.16. The quantitative estimate of drug-likeness (QED) is 0.844. The molecule has 1 aliphatic rings. The molecule has 2 heterocycles. The van der Waals surface area contributed by atoms with Gasteiger partial charge in [-0.3, -0.25) is 0 Å². The molecule has 1 atom stereocenters. The molecule has 1 unspecified atom stereocenters. The van der Waals surface area contributed by atoms with Gasteiger partial charge >= 0.3 is 0 Å². The maximum atomic E-state index is 5.61. The highest BCUT2D eigenvalue weighted by atomic mass is 32.1. The molecule has 2 N–H and O–H groups in total. The van der Waals surface area contributed by atoms with Gasteiger partial charge in [0.1, 0.15) is 12.7 Å². The number of rotatable bonds is 3. The van der Waals surface area contributed by atoms with Gasteiger partial charge in [-0.1, -0.05) is 5.10 Å². The first kappa shape index (κ1) is 11.6. The molecule has 0 bridgehead atoms. The number of ether oxygens (including phenoxy) is 3. The van der Waals surface area contributed by atoms with Crippen molar-refractivity contribution in [3.63, 3.8) is 0 Å². The van der Waals surface area contributed by atoms with Crippen molar-refractivity contribution in [3.05, 3.63) is 0 Å². The molecular weight excluding hydrogens is 230 g/mol. The third kappa shape index (κ3) is 3.03. The van der Waals surface area contributed by atoms with E-state index in [0.717, 1.165) is 0 Å². The van der Waals surface area contributed by atoms with Gasteiger partial charge in [0.05, 0.1) is 18.8 Å². The Morgan fingerprint density at radius 1 is 1.56 bits per heavy atom. The fourth-order valence-corrected chi connectivity index (χ4v) is 1.74. The molecular formula is C9H15N3O3S. The molecule has 0 aliphatic carbocycles. The topological polar surface area (TPSA) is 79.5 Å². The van der Waals surface area contributed by atoms with Gasteiger partial charge in [0, 0.05) is 0 Å². The van der Waals surface area contributed by atoms with Crippen molar-refractivity contribution in [2.24, 2.45) is 0 Å². The van der Waals surface area contributed by atoms with E-state index in [9.17, 15) is 0 Å². The Labute approximate surface area is 97.7 Å². The van der Waals surface area contributed by atoms with Crippen molar-refractivity contribution >= 4 is 16.5 Å². The number of nitrogens with zero attached hydrogens (tertiary/aromatic N) is 2. The van der Waals surface area contributed by atoms with Gasteiger partial charge in [0.15, 0.2) is 0 Å². The lowest BCUT2D eigenvalue weighted by Gasteiger charge is -2.34. The molecule has 0 radical (unpaired) electrons. The first-order valence-electron chi connectivity index (χ1n) is 5.02. The van der Waals surface area contributed by atoms with Gasteiger partial charge in [0.25, 0.3) is 5.19 Å². The summed E-state index contributed by atoms with van der Waals surface area (Å²) in [5.41, 5.74) is 5.23. The molecule has 7 heteroatoms. The summed E-state index contributed by atoms with van der Waals surface area (Å²) in [5, 5.41) is 8.27. The van der Waals surface area contributed by atoms with Crippen LogP contribution in [0.15, 0.2) is 0 Å². The van der Waals surface area contributed by atoms with E-state index in [-0.39, 0.29) is 11.7 Å². The standard InChI is InChI=1S/C9H15N3O3S/c1-9(2)5-14-6(4-15-9)3-13-8-12-11-7(10)16-8/h6H,3-5H2,1-2H3,(H2,10,11). The van der Waals surface area contributed by atoms with Crippen molar-refractivity contribution in [2.75, 3.05) is 25.6 Å². The molecule has 0 amide bonds. The summed E-state index contributed by atoms with van der Waals surface area (Å²) in [7, 11) is 0. The van der Waals surface area contributed by atoms with E-state index in [0.29, 0.717) is 30.1 Å². The molecule has 1 fully saturated rings. The number of hydrogen-bond acceptors (Lipinski definition) is 7. The maximum absolute atomic E-state index is 5.61. The Morgan fingerprint density at radius 2 is 2.38 bits per heavy atom. The van der Waals surface area contributed by atoms with E-state index in [4.69, 9.17) is 19.9 Å². The van der Waals surface area contributed by atoms with Crippen LogP contribution in [0.1, 0.15) is 13.8 Å². The second kappa shape index (κ2) is 4.52. The van der Waals surface area contributed by atoms with Gasteiger partial charge in [-0.25, -0.2) is 0 Å². The first-order valence-corrected chi connectivity index (χ1v) is 5.84. The van der Waals surface area contributed by atoms with E-state index in [1.54, 1.807) is 0 Å². The minimum absolute atomic E-state index is 0.0573. The normalized spacial score (nSPS) is 24.2. The molecule has 1 aromatic rings. The molecule has 0 saturated carbocycles.